The van der Waals surface area contributed by atoms with Crippen LogP contribution in [0.25, 0.3) is 0 Å². The fourth-order valence-corrected chi connectivity index (χ4v) is 1.73. The van der Waals surface area contributed by atoms with Crippen LogP contribution in [0.3, 0.4) is 0 Å². The third-order valence-electron chi connectivity index (χ3n) is 0.824. The minimum absolute atomic E-state index is 0. The van der Waals surface area contributed by atoms with Gasteiger partial charge in [-0.25, -0.2) is 0 Å². The maximum atomic E-state index is 9.21. The van der Waals surface area contributed by atoms with Crippen molar-refractivity contribution in [2.75, 3.05) is 19.9 Å². The van der Waals surface area contributed by atoms with Crippen LogP contribution in [0.1, 0.15) is 13.8 Å². The zero-order valence-corrected chi connectivity index (χ0v) is 10.1. The van der Waals surface area contributed by atoms with Crippen LogP contribution in [0.5, 0.6) is 0 Å². The van der Waals surface area contributed by atoms with Gasteiger partial charge in [-0.3, -0.25) is 0 Å². The second-order valence-electron chi connectivity index (χ2n) is 1.92. The molecule has 0 spiro atoms. The summed E-state index contributed by atoms with van der Waals surface area (Å²) in [6.07, 6.45) is 0. The average Bonchev–Trinajstić information content (AvgIpc) is 1.88. The molecule has 0 aromatic carbocycles. The first-order chi connectivity index (χ1) is 5.54. The number of hydrogen-bond donors (Lipinski definition) is 1. The summed E-state index contributed by atoms with van der Waals surface area (Å²) < 4.78 is 9.88. The molecule has 0 fully saturated rings. The molecular formula is C7H20ClO4P. The maximum Gasteiger partial charge on any atom is -0.412 e. The Labute approximate surface area is 85.4 Å². The Morgan fingerprint density at radius 2 is 1.62 bits per heavy atom. The van der Waals surface area contributed by atoms with Crippen molar-refractivity contribution in [2.24, 2.45) is 0 Å². The summed E-state index contributed by atoms with van der Waals surface area (Å²) in [4.78, 5) is 9.21. The summed E-state index contributed by atoms with van der Waals surface area (Å²) in [6.45, 7) is 9.43. The van der Waals surface area contributed by atoms with Crippen LogP contribution in [-0.4, -0.2) is 30.2 Å². The van der Waals surface area contributed by atoms with Crippen LogP contribution in [0.15, 0.2) is 12.1 Å². The van der Waals surface area contributed by atoms with E-state index < -0.39 is 7.94 Å². The summed E-state index contributed by atoms with van der Waals surface area (Å²) in [5.74, 6) is 0. The van der Waals surface area contributed by atoms with Gasteiger partial charge in [-0.05, 0) is 5.54 Å². The van der Waals surface area contributed by atoms with E-state index in [9.17, 15) is 4.89 Å². The molecule has 0 saturated carbocycles. The minimum atomic E-state index is -2.70. The Bertz CT molecular complexity index is 103. The zero-order chi connectivity index (χ0) is 10.0. The summed E-state index contributed by atoms with van der Waals surface area (Å²) in [5.41, 5.74) is 1.22. The molecule has 0 rings (SSSR count). The minimum Gasteiger partial charge on any atom is -0.412 e. The Kier molecular flexibility index (Phi) is 17.9. The van der Waals surface area contributed by atoms with E-state index in [2.05, 4.69) is 6.58 Å². The molecule has 0 aliphatic heterocycles. The molecule has 13 heavy (non-hydrogen) atoms. The SMILES string of the molecule is C=CCl.CCO[PH](C)(O)OCC.O. The standard InChI is InChI=1S/C5H15O3P.C2H3Cl.H2O/c1-4-7-9(3,6)8-5-2;1-2-3;/h6,9H,4-5H2,1-3H3;2H,1H2;1H2. The molecular weight excluding hydrogens is 214 g/mol. The molecule has 0 aliphatic rings. The number of halogens is 1. The second-order valence-corrected chi connectivity index (χ2v) is 4.60. The number of rotatable bonds is 4. The van der Waals surface area contributed by atoms with E-state index in [1.54, 1.807) is 6.66 Å². The van der Waals surface area contributed by atoms with Crippen molar-refractivity contribution in [3.8, 4) is 0 Å². The maximum absolute atomic E-state index is 9.21. The summed E-state index contributed by atoms with van der Waals surface area (Å²) in [6, 6.07) is 0. The van der Waals surface area contributed by atoms with Crippen molar-refractivity contribution in [3.63, 3.8) is 0 Å². The molecule has 0 aromatic rings. The molecule has 0 unspecified atom stereocenters. The molecule has 0 bridgehead atoms. The van der Waals surface area contributed by atoms with Gasteiger partial charge in [0.05, 0.1) is 0 Å². The van der Waals surface area contributed by atoms with E-state index in [0.29, 0.717) is 13.2 Å². The van der Waals surface area contributed by atoms with Crippen LogP contribution in [0.2, 0.25) is 0 Å². The van der Waals surface area contributed by atoms with Gasteiger partial charge in [0, 0.05) is 0 Å². The zero-order valence-electron chi connectivity index (χ0n) is 8.34. The monoisotopic (exact) mass is 234 g/mol. The molecule has 3 N–H and O–H groups in total. The molecule has 84 valence electrons. The normalized spacial score (nSPS) is 10.5. The van der Waals surface area contributed by atoms with Crippen LogP contribution in [0.4, 0.5) is 0 Å². The molecule has 0 aromatic heterocycles. The molecule has 4 nitrogen and oxygen atoms in total. The van der Waals surface area contributed by atoms with Gasteiger partial charge in [-0.15, -0.1) is 0 Å². The molecule has 0 saturated heterocycles. The van der Waals surface area contributed by atoms with Gasteiger partial charge in [-0.2, -0.15) is 0 Å². The van der Waals surface area contributed by atoms with Gasteiger partial charge < -0.3 is 5.48 Å². The van der Waals surface area contributed by atoms with Crippen molar-refractivity contribution in [1.82, 2.24) is 0 Å². The van der Waals surface area contributed by atoms with Crippen molar-refractivity contribution in [3.05, 3.63) is 12.1 Å². The summed E-state index contributed by atoms with van der Waals surface area (Å²) in [5, 5.41) is 0. The van der Waals surface area contributed by atoms with Crippen LogP contribution in [0, 0.1) is 0 Å². The van der Waals surface area contributed by atoms with E-state index in [0.717, 1.165) is 0 Å². The smallest absolute Gasteiger partial charge is 0.412 e. The summed E-state index contributed by atoms with van der Waals surface area (Å²) in [7, 11) is -2.70. The van der Waals surface area contributed by atoms with Crippen LogP contribution in [-0.2, 0) is 9.05 Å². The Hall–Kier alpha value is 0.300. The third-order valence-corrected chi connectivity index (χ3v) is 2.47. The van der Waals surface area contributed by atoms with E-state index in [-0.39, 0.29) is 5.48 Å². The molecule has 0 atom stereocenters. The van der Waals surface area contributed by atoms with Gasteiger partial charge in [0.15, 0.2) is 0 Å². The van der Waals surface area contributed by atoms with Crippen molar-refractivity contribution < 1.29 is 19.4 Å². The van der Waals surface area contributed by atoms with Crippen molar-refractivity contribution >= 4 is 19.5 Å². The van der Waals surface area contributed by atoms with Crippen LogP contribution < -0.4 is 0 Å². The van der Waals surface area contributed by atoms with Gasteiger partial charge in [-0.1, -0.05) is 18.2 Å². The Morgan fingerprint density at radius 1 is 1.38 bits per heavy atom. The molecule has 0 aliphatic carbocycles. The van der Waals surface area contributed by atoms with Gasteiger partial charge in [0.1, 0.15) is 0 Å². The molecule has 0 amide bonds. The summed E-state index contributed by atoms with van der Waals surface area (Å²) >= 11 is 4.76. The fourth-order valence-electron chi connectivity index (χ4n) is 0.577. The first-order valence-corrected chi connectivity index (χ1v) is 6.45. The third kappa shape index (κ3) is 18.9. The first kappa shape index (κ1) is 19.0. The average molecular weight is 235 g/mol. The van der Waals surface area contributed by atoms with Crippen LogP contribution >= 0.6 is 19.5 Å². The van der Waals surface area contributed by atoms with Crippen molar-refractivity contribution in [2.45, 2.75) is 13.8 Å². The van der Waals surface area contributed by atoms with Gasteiger partial charge in [0.25, 0.3) is 0 Å². The van der Waals surface area contributed by atoms with Gasteiger partial charge in [0.2, 0.25) is 0 Å². The molecule has 0 heterocycles. The van der Waals surface area contributed by atoms with Crippen molar-refractivity contribution in [1.29, 1.82) is 0 Å². The van der Waals surface area contributed by atoms with E-state index in [1.165, 1.54) is 5.54 Å². The Balaban J connectivity index is -0.000000220. The quantitative estimate of drug-likeness (QED) is 0.753. The largest absolute Gasteiger partial charge is 0.412 e. The molecule has 6 heteroatoms. The number of hydrogen-bond acceptors (Lipinski definition) is 3. The predicted molar refractivity (Wildman–Crippen MR) is 59.4 cm³/mol. The topological polar surface area (TPSA) is 70.2 Å². The van der Waals surface area contributed by atoms with E-state index >= 15 is 0 Å². The first-order valence-electron chi connectivity index (χ1n) is 3.75. The second kappa shape index (κ2) is 12.3. The fraction of sp³-hybridized carbons (Fsp3) is 0.714. The van der Waals surface area contributed by atoms with E-state index in [4.69, 9.17) is 20.6 Å². The molecule has 0 radical (unpaired) electrons. The predicted octanol–water partition coefficient (Wildman–Crippen LogP) is 1.72. The van der Waals surface area contributed by atoms with E-state index in [1.807, 2.05) is 13.8 Å². The van der Waals surface area contributed by atoms with Gasteiger partial charge >= 0.3 is 55.6 Å². The Morgan fingerprint density at radius 3 is 1.77 bits per heavy atom.